The van der Waals surface area contributed by atoms with E-state index in [1.54, 1.807) is 22.3 Å². The van der Waals surface area contributed by atoms with Crippen LogP contribution < -0.4 is 0 Å². The van der Waals surface area contributed by atoms with Gasteiger partial charge in [0.25, 0.3) is 0 Å². The molecule has 5 atom stereocenters. The van der Waals surface area contributed by atoms with Gasteiger partial charge in [0.2, 0.25) is 0 Å². The average Bonchev–Trinajstić information content (AvgIpc) is 3.61. The van der Waals surface area contributed by atoms with Gasteiger partial charge >= 0.3 is 0 Å². The van der Waals surface area contributed by atoms with Crippen LogP contribution in [0.15, 0.2) is 127 Å². The van der Waals surface area contributed by atoms with Crippen LogP contribution in [0.5, 0.6) is 0 Å². The largest absolute Gasteiger partial charge is 0.208 e. The number of aromatic nitrogens is 3. The lowest BCUT2D eigenvalue weighted by molar-refractivity contribution is 0.165. The molecule has 0 aliphatic heterocycles. The molecule has 8 bridgehead atoms. The van der Waals surface area contributed by atoms with Gasteiger partial charge in [-0.1, -0.05) is 127 Å². The molecule has 1 heterocycles. The summed E-state index contributed by atoms with van der Waals surface area (Å²) in [5, 5.41) is 0. The van der Waals surface area contributed by atoms with Gasteiger partial charge in [0.1, 0.15) is 0 Å². The van der Waals surface area contributed by atoms with E-state index in [4.69, 9.17) is 15.0 Å². The van der Waals surface area contributed by atoms with E-state index >= 15 is 0 Å². The van der Waals surface area contributed by atoms with Crippen LogP contribution in [-0.2, 0) is 5.41 Å². The molecular formula is C58H49N3. The van der Waals surface area contributed by atoms with E-state index in [-0.39, 0.29) is 0 Å². The Morgan fingerprint density at radius 3 is 1.31 bits per heavy atom. The second-order valence-corrected chi connectivity index (χ2v) is 20.7. The Kier molecular flexibility index (Phi) is 6.82. The van der Waals surface area contributed by atoms with Gasteiger partial charge in [-0.25, -0.2) is 15.0 Å². The summed E-state index contributed by atoms with van der Waals surface area (Å²) in [6.07, 6.45) is 13.9. The van der Waals surface area contributed by atoms with Crippen molar-refractivity contribution in [2.24, 2.45) is 23.7 Å². The van der Waals surface area contributed by atoms with Crippen molar-refractivity contribution in [3.05, 3.63) is 172 Å². The molecule has 4 saturated carbocycles. The van der Waals surface area contributed by atoms with Crippen molar-refractivity contribution in [1.82, 2.24) is 15.0 Å². The quantitative estimate of drug-likeness (QED) is 0.179. The third-order valence-corrected chi connectivity index (χ3v) is 17.6. The Morgan fingerprint density at radius 2 is 0.754 bits per heavy atom. The number of fused-ring (bicyclic) bond motifs is 10. The summed E-state index contributed by atoms with van der Waals surface area (Å²) in [5.74, 6) is 8.41. The number of hydrogen-bond donors (Lipinski definition) is 0. The van der Waals surface area contributed by atoms with E-state index in [1.807, 2.05) is 0 Å². The maximum atomic E-state index is 5.42. The maximum Gasteiger partial charge on any atom is 0.164 e. The Hall–Kier alpha value is -5.67. The Balaban J connectivity index is 1.04. The highest BCUT2D eigenvalue weighted by atomic mass is 15.0. The highest BCUT2D eigenvalue weighted by Gasteiger charge is 2.55. The second kappa shape index (κ2) is 12.2. The molecular weight excluding hydrogens is 739 g/mol. The fourth-order valence-electron chi connectivity index (χ4n) is 15.6. The van der Waals surface area contributed by atoms with E-state index in [2.05, 4.69) is 127 Å². The number of hydrogen-bond acceptors (Lipinski definition) is 3. The van der Waals surface area contributed by atoms with E-state index in [0.29, 0.717) is 35.3 Å². The summed E-state index contributed by atoms with van der Waals surface area (Å²) in [6.45, 7) is 0. The molecule has 3 nitrogen and oxygen atoms in total. The molecule has 296 valence electrons. The molecule has 61 heavy (non-hydrogen) atoms. The lowest BCUT2D eigenvalue weighted by Crippen LogP contribution is -2.27. The second-order valence-electron chi connectivity index (χ2n) is 20.7. The van der Waals surface area contributed by atoms with Gasteiger partial charge in [0.15, 0.2) is 17.5 Å². The van der Waals surface area contributed by atoms with Crippen molar-refractivity contribution < 1.29 is 0 Å². The normalized spacial score (nSPS) is 29.7. The van der Waals surface area contributed by atoms with Crippen LogP contribution in [0.2, 0.25) is 0 Å². The van der Waals surface area contributed by atoms with Crippen molar-refractivity contribution >= 4 is 0 Å². The molecule has 10 aliphatic carbocycles. The molecule has 4 fully saturated rings. The highest BCUT2D eigenvalue weighted by molar-refractivity contribution is 6.00. The summed E-state index contributed by atoms with van der Waals surface area (Å²) in [7, 11) is 0. The van der Waals surface area contributed by atoms with Crippen molar-refractivity contribution in [3.63, 3.8) is 0 Å². The van der Waals surface area contributed by atoms with Gasteiger partial charge in [-0.15, -0.1) is 0 Å². The van der Waals surface area contributed by atoms with Crippen LogP contribution in [0.25, 0.3) is 56.4 Å². The van der Waals surface area contributed by atoms with Crippen LogP contribution in [0.4, 0.5) is 0 Å². The van der Waals surface area contributed by atoms with Gasteiger partial charge in [0, 0.05) is 16.7 Å². The third kappa shape index (κ3) is 4.63. The van der Waals surface area contributed by atoms with Gasteiger partial charge in [-0.3, -0.25) is 0 Å². The fraction of sp³-hybridized carbons (Fsp3) is 0.328. The zero-order valence-electron chi connectivity index (χ0n) is 34.7. The van der Waals surface area contributed by atoms with Gasteiger partial charge in [0.05, 0.1) is 5.41 Å². The Morgan fingerprint density at radius 1 is 0.328 bits per heavy atom. The van der Waals surface area contributed by atoms with Crippen LogP contribution in [-0.4, -0.2) is 15.0 Å². The van der Waals surface area contributed by atoms with Gasteiger partial charge in [-0.2, -0.15) is 0 Å². The summed E-state index contributed by atoms with van der Waals surface area (Å²) in [6, 6.07) is 48.7. The molecule has 6 aromatic carbocycles. The monoisotopic (exact) mass is 787 g/mol. The van der Waals surface area contributed by atoms with E-state index in [9.17, 15) is 0 Å². The lowest BCUT2D eigenvalue weighted by Gasteiger charge is -2.38. The standard InChI is InChI=1S/C58H49N3/c1-3-10-36(11-4-1)55-59-56(37-12-5-2-6-13-37)61-57(60-55)43-15-9-17-51-54(43)49-29-45-39-22-34-19-35(23-39)27-41(26-34)47(45)31-53(49)58(51)50-16-8-7-14-42(50)48-28-44-38-20-32-18-33(21-38)25-40(24-32)46(44)30-52(48)58/h1-17,28-35,38-41H,18-27H2. The third-order valence-electron chi connectivity index (χ3n) is 17.6. The molecule has 0 N–H and O–H groups in total. The minimum Gasteiger partial charge on any atom is -0.208 e. The first kappa shape index (κ1) is 34.0. The molecule has 0 saturated heterocycles. The van der Waals surface area contributed by atoms with Crippen molar-refractivity contribution in [1.29, 1.82) is 0 Å². The first-order valence-corrected chi connectivity index (χ1v) is 23.6. The predicted molar refractivity (Wildman–Crippen MR) is 244 cm³/mol. The molecule has 5 unspecified atom stereocenters. The summed E-state index contributed by atoms with van der Waals surface area (Å²) < 4.78 is 0. The first-order chi connectivity index (χ1) is 30.1. The first-order valence-electron chi connectivity index (χ1n) is 23.6. The maximum absolute atomic E-state index is 5.42. The van der Waals surface area contributed by atoms with Crippen molar-refractivity contribution in [2.45, 2.75) is 93.3 Å². The summed E-state index contributed by atoms with van der Waals surface area (Å²) in [4.78, 5) is 16.0. The van der Waals surface area contributed by atoms with Gasteiger partial charge < -0.3 is 0 Å². The van der Waals surface area contributed by atoms with E-state index < -0.39 is 5.41 Å². The molecule has 10 aliphatic rings. The predicted octanol–water partition coefficient (Wildman–Crippen LogP) is 14.0. The summed E-state index contributed by atoms with van der Waals surface area (Å²) >= 11 is 0. The highest BCUT2D eigenvalue weighted by Crippen LogP contribution is 2.68. The molecule has 1 aromatic heterocycles. The van der Waals surface area contributed by atoms with Crippen molar-refractivity contribution in [2.75, 3.05) is 0 Å². The number of rotatable bonds is 3. The van der Waals surface area contributed by atoms with Gasteiger partial charge in [-0.05, 0) is 178 Å². The molecule has 0 amide bonds. The zero-order chi connectivity index (χ0) is 39.6. The molecule has 0 radical (unpaired) electrons. The molecule has 3 heteroatoms. The number of nitrogens with zero attached hydrogens (tertiary/aromatic N) is 3. The molecule has 1 spiro atoms. The molecule has 17 rings (SSSR count). The minimum atomic E-state index is -0.416. The van der Waals surface area contributed by atoms with Crippen LogP contribution in [0, 0.1) is 23.7 Å². The average molecular weight is 788 g/mol. The number of benzene rings is 6. The van der Waals surface area contributed by atoms with Crippen LogP contribution >= 0.6 is 0 Å². The minimum absolute atomic E-state index is 0.416. The van der Waals surface area contributed by atoms with Crippen LogP contribution in [0.1, 0.15) is 132 Å². The SMILES string of the molecule is c1ccc(-c2nc(-c3ccccc3)nc(-c3cccc4c3-c3cc5c(cc3C43c4ccccc4-c4cc6c(cc43)C3CC4CC(CC6C4)C3)C3CC4CC(CC5C4)C3)n2)cc1. The lowest BCUT2D eigenvalue weighted by atomic mass is 9.66. The van der Waals surface area contributed by atoms with E-state index in [0.717, 1.165) is 46.2 Å². The fourth-order valence-corrected chi connectivity index (χ4v) is 15.6. The van der Waals surface area contributed by atoms with E-state index in [1.165, 1.54) is 109 Å². The smallest absolute Gasteiger partial charge is 0.164 e. The van der Waals surface area contributed by atoms with Crippen LogP contribution in [0.3, 0.4) is 0 Å². The summed E-state index contributed by atoms with van der Waals surface area (Å²) in [5.41, 5.74) is 21.0. The topological polar surface area (TPSA) is 38.7 Å². The molecule has 7 aromatic rings. The van der Waals surface area contributed by atoms with Crippen molar-refractivity contribution in [3.8, 4) is 56.4 Å². The Labute approximate surface area is 358 Å². The zero-order valence-corrected chi connectivity index (χ0v) is 34.7. The Bertz CT molecular complexity index is 2920.